The van der Waals surface area contributed by atoms with E-state index in [1.165, 1.54) is 12.1 Å². The van der Waals surface area contributed by atoms with Crippen LogP contribution in [0.3, 0.4) is 0 Å². The molecule has 2 N–H and O–H groups in total. The van der Waals surface area contributed by atoms with Crippen LogP contribution >= 0.6 is 0 Å². The van der Waals surface area contributed by atoms with Crippen molar-refractivity contribution < 1.29 is 17.9 Å². The van der Waals surface area contributed by atoms with Crippen molar-refractivity contribution in [2.45, 2.75) is 45.6 Å². The van der Waals surface area contributed by atoms with Gasteiger partial charge in [-0.25, -0.2) is 13.1 Å². The van der Waals surface area contributed by atoms with E-state index in [1.54, 1.807) is 26.0 Å². The van der Waals surface area contributed by atoms with Gasteiger partial charge in [0.15, 0.2) is 6.61 Å². The molecule has 0 aliphatic heterocycles. The molecule has 2 aromatic rings. The molecule has 0 spiro atoms. The molecule has 146 valence electrons. The quantitative estimate of drug-likeness (QED) is 0.760. The normalized spacial score (nSPS) is 11.5. The van der Waals surface area contributed by atoms with Gasteiger partial charge in [-0.2, -0.15) is 0 Å². The van der Waals surface area contributed by atoms with E-state index in [2.05, 4.69) is 10.0 Å². The Balaban J connectivity index is 1.99. The molecule has 0 saturated carbocycles. The third kappa shape index (κ3) is 5.80. The number of ether oxygens (including phenoxy) is 1. The first-order valence-corrected chi connectivity index (χ1v) is 10.2. The average molecular weight is 391 g/mol. The van der Waals surface area contributed by atoms with Gasteiger partial charge in [0.1, 0.15) is 5.75 Å². The number of benzene rings is 2. The number of sulfonamides is 1. The first kappa shape index (κ1) is 20.9. The Morgan fingerprint density at radius 1 is 1.04 bits per heavy atom. The summed E-state index contributed by atoms with van der Waals surface area (Å²) in [6.45, 7) is 9.28. The van der Waals surface area contributed by atoms with Gasteiger partial charge in [-0.15, -0.1) is 0 Å². The second-order valence-electron chi connectivity index (χ2n) is 6.87. The number of rotatable bonds is 7. The Morgan fingerprint density at radius 3 is 2.11 bits per heavy atom. The summed E-state index contributed by atoms with van der Waals surface area (Å²) in [5, 5.41) is 2.70. The number of aryl methyl sites for hydroxylation is 3. The number of amides is 1. The highest BCUT2D eigenvalue weighted by molar-refractivity contribution is 7.89. The molecular formula is C20H26N2O4S. The van der Waals surface area contributed by atoms with Gasteiger partial charge in [0.2, 0.25) is 10.0 Å². The van der Waals surface area contributed by atoms with Crippen LogP contribution in [-0.2, 0) is 14.8 Å². The van der Waals surface area contributed by atoms with Crippen LogP contribution in [0.25, 0.3) is 0 Å². The molecule has 0 fully saturated rings. The molecule has 0 heterocycles. The molecule has 0 radical (unpaired) electrons. The van der Waals surface area contributed by atoms with Gasteiger partial charge < -0.3 is 10.1 Å². The predicted octanol–water partition coefficient (Wildman–Crippen LogP) is 3.32. The SMILES string of the molecule is Cc1cc(C)c(OCC(=O)Nc2ccc(S(=O)(=O)NC(C)C)cc2)c(C)c1. The lowest BCUT2D eigenvalue weighted by molar-refractivity contribution is -0.118. The molecule has 2 rings (SSSR count). The third-order valence-electron chi connectivity index (χ3n) is 3.79. The van der Waals surface area contributed by atoms with Gasteiger partial charge in [-0.1, -0.05) is 17.7 Å². The van der Waals surface area contributed by atoms with Crippen LogP contribution in [0.2, 0.25) is 0 Å². The third-order valence-corrected chi connectivity index (χ3v) is 5.47. The molecule has 0 bridgehead atoms. The van der Waals surface area contributed by atoms with E-state index in [1.807, 2.05) is 32.9 Å². The Morgan fingerprint density at radius 2 is 1.59 bits per heavy atom. The van der Waals surface area contributed by atoms with Gasteiger partial charge >= 0.3 is 0 Å². The number of hydrogen-bond donors (Lipinski definition) is 2. The topological polar surface area (TPSA) is 84.5 Å². The minimum atomic E-state index is -3.55. The fraction of sp³-hybridized carbons (Fsp3) is 0.350. The molecule has 27 heavy (non-hydrogen) atoms. The Bertz CT molecular complexity index is 896. The maximum absolute atomic E-state index is 12.1. The first-order valence-electron chi connectivity index (χ1n) is 8.71. The van der Waals surface area contributed by atoms with Crippen molar-refractivity contribution in [2.24, 2.45) is 0 Å². The molecule has 0 saturated heterocycles. The summed E-state index contributed by atoms with van der Waals surface area (Å²) in [7, 11) is -3.55. The molecular weight excluding hydrogens is 364 g/mol. The number of carbonyl (C=O) groups excluding carboxylic acids is 1. The van der Waals surface area contributed by atoms with Gasteiger partial charge in [0, 0.05) is 11.7 Å². The highest BCUT2D eigenvalue weighted by Gasteiger charge is 2.15. The van der Waals surface area contributed by atoms with E-state index in [9.17, 15) is 13.2 Å². The van der Waals surface area contributed by atoms with Crippen molar-refractivity contribution in [2.75, 3.05) is 11.9 Å². The molecule has 7 heteroatoms. The lowest BCUT2D eigenvalue weighted by atomic mass is 10.1. The van der Waals surface area contributed by atoms with Gasteiger partial charge in [-0.3, -0.25) is 4.79 Å². The van der Waals surface area contributed by atoms with E-state index in [4.69, 9.17) is 4.74 Å². The van der Waals surface area contributed by atoms with E-state index < -0.39 is 10.0 Å². The average Bonchev–Trinajstić information content (AvgIpc) is 2.53. The predicted molar refractivity (Wildman–Crippen MR) is 107 cm³/mol. The summed E-state index contributed by atoms with van der Waals surface area (Å²) in [6, 6.07) is 9.82. The fourth-order valence-corrected chi connectivity index (χ4v) is 4.08. The molecule has 0 aliphatic rings. The molecule has 0 aliphatic carbocycles. The standard InChI is InChI=1S/C20H26N2O4S/c1-13(2)22-27(24,25)18-8-6-17(7-9-18)21-19(23)12-26-20-15(4)10-14(3)11-16(20)5/h6-11,13,22H,12H2,1-5H3,(H,21,23). The molecule has 0 atom stereocenters. The largest absolute Gasteiger partial charge is 0.483 e. The van der Waals surface area contributed by atoms with Crippen LogP contribution in [0.15, 0.2) is 41.3 Å². The summed E-state index contributed by atoms with van der Waals surface area (Å²) in [6.07, 6.45) is 0. The van der Waals surface area contributed by atoms with E-state index in [0.29, 0.717) is 11.4 Å². The zero-order valence-corrected chi connectivity index (χ0v) is 17.1. The second kappa shape index (κ2) is 8.54. The molecule has 0 unspecified atom stereocenters. The highest BCUT2D eigenvalue weighted by Crippen LogP contribution is 2.24. The van der Waals surface area contributed by atoms with Crippen molar-refractivity contribution in [3.05, 3.63) is 53.1 Å². The summed E-state index contributed by atoms with van der Waals surface area (Å²) in [5.74, 6) is 0.391. The van der Waals surface area contributed by atoms with Crippen LogP contribution in [-0.4, -0.2) is 27.0 Å². The summed E-state index contributed by atoms with van der Waals surface area (Å²) in [4.78, 5) is 12.3. The summed E-state index contributed by atoms with van der Waals surface area (Å²) >= 11 is 0. The number of hydrogen-bond acceptors (Lipinski definition) is 4. The number of nitrogens with one attached hydrogen (secondary N) is 2. The number of carbonyl (C=O) groups is 1. The second-order valence-corrected chi connectivity index (χ2v) is 8.58. The zero-order chi connectivity index (χ0) is 20.2. The van der Waals surface area contributed by atoms with Gasteiger partial charge in [-0.05, 0) is 70.0 Å². The number of anilines is 1. The van der Waals surface area contributed by atoms with Crippen LogP contribution < -0.4 is 14.8 Å². The first-order chi connectivity index (χ1) is 12.6. The van der Waals surface area contributed by atoms with Crippen LogP contribution in [0.5, 0.6) is 5.75 Å². The van der Waals surface area contributed by atoms with Crippen molar-refractivity contribution in [1.29, 1.82) is 0 Å². The van der Waals surface area contributed by atoms with Gasteiger partial charge in [0.05, 0.1) is 4.90 Å². The van der Waals surface area contributed by atoms with Crippen molar-refractivity contribution in [3.63, 3.8) is 0 Å². The fourth-order valence-electron chi connectivity index (χ4n) is 2.83. The minimum Gasteiger partial charge on any atom is -0.483 e. The van der Waals surface area contributed by atoms with Crippen LogP contribution in [0.1, 0.15) is 30.5 Å². The lowest BCUT2D eigenvalue weighted by Crippen LogP contribution is -2.30. The molecule has 1 amide bonds. The van der Waals surface area contributed by atoms with E-state index in [0.717, 1.165) is 16.7 Å². The summed E-state index contributed by atoms with van der Waals surface area (Å²) in [5.41, 5.74) is 3.60. The van der Waals surface area contributed by atoms with Crippen molar-refractivity contribution in [3.8, 4) is 5.75 Å². The Labute approximate surface area is 161 Å². The monoisotopic (exact) mass is 390 g/mol. The minimum absolute atomic E-state index is 0.125. The van der Waals surface area contributed by atoms with E-state index >= 15 is 0 Å². The van der Waals surface area contributed by atoms with E-state index in [-0.39, 0.29) is 23.5 Å². The summed E-state index contributed by atoms with van der Waals surface area (Å²) < 4.78 is 32.4. The van der Waals surface area contributed by atoms with Crippen LogP contribution in [0.4, 0.5) is 5.69 Å². The maximum atomic E-state index is 12.1. The molecule has 2 aromatic carbocycles. The highest BCUT2D eigenvalue weighted by atomic mass is 32.2. The maximum Gasteiger partial charge on any atom is 0.262 e. The molecule has 0 aromatic heterocycles. The Kier molecular flexibility index (Phi) is 6.62. The smallest absolute Gasteiger partial charge is 0.262 e. The lowest BCUT2D eigenvalue weighted by Gasteiger charge is -2.13. The van der Waals surface area contributed by atoms with Crippen molar-refractivity contribution in [1.82, 2.24) is 4.72 Å². The van der Waals surface area contributed by atoms with Crippen molar-refractivity contribution >= 4 is 21.6 Å². The van der Waals surface area contributed by atoms with Crippen LogP contribution in [0, 0.1) is 20.8 Å². The zero-order valence-electron chi connectivity index (χ0n) is 16.3. The molecule has 6 nitrogen and oxygen atoms in total. The van der Waals surface area contributed by atoms with Gasteiger partial charge in [0.25, 0.3) is 5.91 Å². The Hall–Kier alpha value is -2.38.